The van der Waals surface area contributed by atoms with Gasteiger partial charge in [0.15, 0.2) is 0 Å². The molecule has 0 spiro atoms. The summed E-state index contributed by atoms with van der Waals surface area (Å²) in [6.45, 7) is 2.17. The highest BCUT2D eigenvalue weighted by Gasteiger charge is 2.27. The molecule has 1 aliphatic rings. The first kappa shape index (κ1) is 14.1. The zero-order chi connectivity index (χ0) is 13.7. The molecule has 19 heavy (non-hydrogen) atoms. The summed E-state index contributed by atoms with van der Waals surface area (Å²) < 4.78 is 0. The quantitative estimate of drug-likeness (QED) is 0.859. The van der Waals surface area contributed by atoms with E-state index >= 15 is 0 Å². The molecule has 0 heterocycles. The third kappa shape index (κ3) is 3.59. The van der Waals surface area contributed by atoms with Gasteiger partial charge in [0.1, 0.15) is 0 Å². The molecule has 1 amide bonds. The lowest BCUT2D eigenvalue weighted by atomic mass is 9.82. The first-order valence-corrected chi connectivity index (χ1v) is 7.54. The van der Waals surface area contributed by atoms with E-state index in [2.05, 4.69) is 36.5 Å². The molecule has 2 heteroatoms. The Kier molecular flexibility index (Phi) is 5.00. The predicted octanol–water partition coefficient (Wildman–Crippen LogP) is 3.66. The highest BCUT2D eigenvalue weighted by Crippen LogP contribution is 2.39. The number of hydrogen-bond donors (Lipinski definition) is 1. The Bertz CT molecular complexity index is 404. The first-order chi connectivity index (χ1) is 9.24. The number of nitrogens with one attached hydrogen (secondary N) is 1. The van der Waals surface area contributed by atoms with Crippen LogP contribution in [0, 0.1) is 5.92 Å². The summed E-state index contributed by atoms with van der Waals surface area (Å²) in [5.74, 6) is 1.25. The SMILES string of the molecule is CCc1ccc(C(CC(=O)NC)C2CCCC2)cc1. The smallest absolute Gasteiger partial charge is 0.220 e. The van der Waals surface area contributed by atoms with Gasteiger partial charge in [-0.15, -0.1) is 0 Å². The monoisotopic (exact) mass is 259 g/mol. The van der Waals surface area contributed by atoms with Crippen LogP contribution in [0.5, 0.6) is 0 Å². The third-order valence-electron chi connectivity index (χ3n) is 4.47. The van der Waals surface area contributed by atoms with Gasteiger partial charge >= 0.3 is 0 Å². The van der Waals surface area contributed by atoms with Crippen molar-refractivity contribution in [2.75, 3.05) is 7.05 Å². The minimum Gasteiger partial charge on any atom is -0.359 e. The van der Waals surface area contributed by atoms with Crippen molar-refractivity contribution in [1.82, 2.24) is 5.32 Å². The molecule has 0 aliphatic heterocycles. The number of carbonyl (C=O) groups is 1. The highest BCUT2D eigenvalue weighted by atomic mass is 16.1. The molecule has 0 bridgehead atoms. The van der Waals surface area contributed by atoms with Crippen LogP contribution in [-0.2, 0) is 11.2 Å². The second kappa shape index (κ2) is 6.74. The third-order valence-corrected chi connectivity index (χ3v) is 4.47. The standard InChI is InChI=1S/C17H25NO/c1-3-13-8-10-15(11-9-13)16(12-17(19)18-2)14-6-4-5-7-14/h8-11,14,16H,3-7,12H2,1-2H3,(H,18,19). The van der Waals surface area contributed by atoms with Crippen LogP contribution in [-0.4, -0.2) is 13.0 Å². The fourth-order valence-corrected chi connectivity index (χ4v) is 3.22. The molecule has 2 rings (SSSR count). The van der Waals surface area contributed by atoms with Gasteiger partial charge in [0.2, 0.25) is 5.91 Å². The lowest BCUT2D eigenvalue weighted by molar-refractivity contribution is -0.121. The highest BCUT2D eigenvalue weighted by molar-refractivity contribution is 5.76. The van der Waals surface area contributed by atoms with E-state index in [0.29, 0.717) is 18.3 Å². The predicted molar refractivity (Wildman–Crippen MR) is 79.2 cm³/mol. The maximum atomic E-state index is 11.8. The van der Waals surface area contributed by atoms with E-state index in [9.17, 15) is 4.79 Å². The Balaban J connectivity index is 2.16. The van der Waals surface area contributed by atoms with Gasteiger partial charge in [-0.3, -0.25) is 4.79 Å². The van der Waals surface area contributed by atoms with E-state index in [1.165, 1.54) is 36.8 Å². The van der Waals surface area contributed by atoms with Gasteiger partial charge in [0.05, 0.1) is 0 Å². The number of amides is 1. The van der Waals surface area contributed by atoms with Crippen molar-refractivity contribution >= 4 is 5.91 Å². The van der Waals surface area contributed by atoms with Crippen LogP contribution in [0.2, 0.25) is 0 Å². The maximum Gasteiger partial charge on any atom is 0.220 e. The summed E-state index contributed by atoms with van der Waals surface area (Å²) in [6.07, 6.45) is 6.90. The molecule has 1 saturated carbocycles. The normalized spacial score (nSPS) is 17.4. The van der Waals surface area contributed by atoms with Crippen molar-refractivity contribution in [3.8, 4) is 0 Å². The number of aryl methyl sites for hydroxylation is 1. The Morgan fingerprint density at radius 3 is 2.42 bits per heavy atom. The van der Waals surface area contributed by atoms with Crippen LogP contribution in [0.4, 0.5) is 0 Å². The minimum atomic E-state index is 0.163. The van der Waals surface area contributed by atoms with E-state index < -0.39 is 0 Å². The van der Waals surface area contributed by atoms with E-state index in [1.54, 1.807) is 7.05 Å². The van der Waals surface area contributed by atoms with Crippen LogP contribution in [0.3, 0.4) is 0 Å². The summed E-state index contributed by atoms with van der Waals surface area (Å²) in [4.78, 5) is 11.8. The molecule has 1 aromatic carbocycles. The lowest BCUT2D eigenvalue weighted by Crippen LogP contribution is -2.23. The zero-order valence-electron chi connectivity index (χ0n) is 12.1. The molecule has 104 valence electrons. The summed E-state index contributed by atoms with van der Waals surface area (Å²) in [5, 5.41) is 2.77. The van der Waals surface area contributed by atoms with Crippen LogP contribution in [0.1, 0.15) is 56.1 Å². The summed E-state index contributed by atoms with van der Waals surface area (Å²) in [5.41, 5.74) is 2.71. The fraction of sp³-hybridized carbons (Fsp3) is 0.588. The first-order valence-electron chi connectivity index (χ1n) is 7.54. The van der Waals surface area contributed by atoms with E-state index in [-0.39, 0.29) is 5.91 Å². The van der Waals surface area contributed by atoms with Crippen LogP contribution >= 0.6 is 0 Å². The van der Waals surface area contributed by atoms with Crippen molar-refractivity contribution in [1.29, 1.82) is 0 Å². The number of benzene rings is 1. The number of carbonyl (C=O) groups excluding carboxylic acids is 1. The number of hydrogen-bond acceptors (Lipinski definition) is 1. The van der Waals surface area contributed by atoms with Gasteiger partial charge in [-0.05, 0) is 42.2 Å². The van der Waals surface area contributed by atoms with Crippen molar-refractivity contribution in [2.45, 2.75) is 51.4 Å². The lowest BCUT2D eigenvalue weighted by Gasteiger charge is -2.23. The minimum absolute atomic E-state index is 0.163. The molecule has 1 aliphatic carbocycles. The summed E-state index contributed by atoms with van der Waals surface area (Å²) in [6, 6.07) is 8.87. The molecule has 1 fully saturated rings. The van der Waals surface area contributed by atoms with Gasteiger partial charge in [0, 0.05) is 13.5 Å². The molecule has 1 atom stereocenters. The fourth-order valence-electron chi connectivity index (χ4n) is 3.22. The number of rotatable bonds is 5. The average molecular weight is 259 g/mol. The van der Waals surface area contributed by atoms with Crippen LogP contribution < -0.4 is 5.32 Å². The van der Waals surface area contributed by atoms with Gasteiger partial charge < -0.3 is 5.32 Å². The van der Waals surface area contributed by atoms with E-state index in [0.717, 1.165) is 6.42 Å². The molecule has 2 nitrogen and oxygen atoms in total. The van der Waals surface area contributed by atoms with E-state index in [1.807, 2.05) is 0 Å². The molecular weight excluding hydrogens is 234 g/mol. The molecule has 0 aromatic heterocycles. The molecule has 1 unspecified atom stereocenters. The van der Waals surface area contributed by atoms with Crippen LogP contribution in [0.25, 0.3) is 0 Å². The molecule has 1 N–H and O–H groups in total. The summed E-state index contributed by atoms with van der Waals surface area (Å²) in [7, 11) is 1.73. The summed E-state index contributed by atoms with van der Waals surface area (Å²) >= 11 is 0. The van der Waals surface area contributed by atoms with Crippen molar-refractivity contribution in [3.63, 3.8) is 0 Å². The van der Waals surface area contributed by atoms with Crippen LogP contribution in [0.15, 0.2) is 24.3 Å². The Labute approximate surface area is 116 Å². The maximum absolute atomic E-state index is 11.8. The Morgan fingerprint density at radius 1 is 1.26 bits per heavy atom. The Hall–Kier alpha value is -1.31. The average Bonchev–Trinajstić information content (AvgIpc) is 2.98. The second-order valence-electron chi connectivity index (χ2n) is 5.62. The van der Waals surface area contributed by atoms with Crippen molar-refractivity contribution in [2.24, 2.45) is 5.92 Å². The van der Waals surface area contributed by atoms with Gasteiger partial charge in [-0.25, -0.2) is 0 Å². The van der Waals surface area contributed by atoms with Crippen molar-refractivity contribution in [3.05, 3.63) is 35.4 Å². The van der Waals surface area contributed by atoms with Gasteiger partial charge in [0.25, 0.3) is 0 Å². The largest absolute Gasteiger partial charge is 0.359 e. The van der Waals surface area contributed by atoms with Crippen molar-refractivity contribution < 1.29 is 4.79 Å². The molecular formula is C17H25NO. The molecule has 0 radical (unpaired) electrons. The molecule has 1 aromatic rings. The molecule has 0 saturated heterocycles. The zero-order valence-corrected chi connectivity index (χ0v) is 12.1. The van der Waals surface area contributed by atoms with Gasteiger partial charge in [-0.1, -0.05) is 44.0 Å². The second-order valence-corrected chi connectivity index (χ2v) is 5.62. The topological polar surface area (TPSA) is 29.1 Å². The Morgan fingerprint density at radius 2 is 1.89 bits per heavy atom. The van der Waals surface area contributed by atoms with Gasteiger partial charge in [-0.2, -0.15) is 0 Å². The van der Waals surface area contributed by atoms with E-state index in [4.69, 9.17) is 0 Å².